The van der Waals surface area contributed by atoms with Crippen LogP contribution in [0.5, 0.6) is 5.88 Å². The molecule has 2 aromatic rings. The summed E-state index contributed by atoms with van der Waals surface area (Å²) >= 11 is 0. The zero-order valence-electron chi connectivity index (χ0n) is 15.2. The molecule has 6 heteroatoms. The summed E-state index contributed by atoms with van der Waals surface area (Å²) in [6, 6.07) is 5.46. The Morgan fingerprint density at radius 3 is 3.00 bits per heavy atom. The molecule has 1 aliphatic carbocycles. The quantitative estimate of drug-likeness (QED) is 0.891. The number of nitrogens with zero attached hydrogens (tertiary/aromatic N) is 1. The molecule has 3 rings (SSSR count). The number of nitrogens with one attached hydrogen (secondary N) is 2. The van der Waals surface area contributed by atoms with Gasteiger partial charge in [-0.1, -0.05) is 13.8 Å². The number of hydrogen-bond donors (Lipinski definition) is 2. The Kier molecular flexibility index (Phi) is 4.70. The standard InChI is InChI=1S/C19H25N3O3/c1-12-7-14-15(9-19(2,3)10-16(14)25-12)22-18(23)21-11-13-5-6-20-17(8-13)24-4/h5-8,15H,9-11H2,1-4H3,(H2,21,22,23). The van der Waals surface area contributed by atoms with E-state index in [0.29, 0.717) is 12.4 Å². The van der Waals surface area contributed by atoms with Crippen LogP contribution in [0.3, 0.4) is 0 Å². The number of rotatable bonds is 4. The molecular formula is C19H25N3O3. The van der Waals surface area contributed by atoms with Crippen LogP contribution in [0.1, 0.15) is 49.0 Å². The van der Waals surface area contributed by atoms with E-state index >= 15 is 0 Å². The molecule has 25 heavy (non-hydrogen) atoms. The summed E-state index contributed by atoms with van der Waals surface area (Å²) in [7, 11) is 1.57. The molecule has 0 spiro atoms. The number of urea groups is 1. The lowest BCUT2D eigenvalue weighted by atomic mass is 9.75. The van der Waals surface area contributed by atoms with Crippen molar-refractivity contribution in [1.82, 2.24) is 15.6 Å². The van der Waals surface area contributed by atoms with Crippen LogP contribution in [0, 0.1) is 12.3 Å². The van der Waals surface area contributed by atoms with Crippen LogP contribution in [0.25, 0.3) is 0 Å². The largest absolute Gasteiger partial charge is 0.481 e. The van der Waals surface area contributed by atoms with Crippen molar-refractivity contribution in [3.05, 3.63) is 47.0 Å². The predicted octanol–water partition coefficient (Wildman–Crippen LogP) is 3.50. The molecule has 1 aliphatic rings. The summed E-state index contributed by atoms with van der Waals surface area (Å²) in [5.74, 6) is 2.41. The van der Waals surface area contributed by atoms with Gasteiger partial charge in [0.25, 0.3) is 0 Å². The number of methoxy groups -OCH3 is 1. The average molecular weight is 343 g/mol. The summed E-state index contributed by atoms with van der Waals surface area (Å²) in [5.41, 5.74) is 2.12. The van der Waals surface area contributed by atoms with Gasteiger partial charge in [-0.25, -0.2) is 9.78 Å². The Labute approximate surface area is 148 Å². The first kappa shape index (κ1) is 17.3. The lowest BCUT2D eigenvalue weighted by Crippen LogP contribution is -2.41. The zero-order chi connectivity index (χ0) is 18.0. The van der Waals surface area contributed by atoms with Crippen molar-refractivity contribution in [3.63, 3.8) is 0 Å². The van der Waals surface area contributed by atoms with Crippen LogP contribution in [0.15, 0.2) is 28.8 Å². The first-order valence-corrected chi connectivity index (χ1v) is 8.49. The lowest BCUT2D eigenvalue weighted by molar-refractivity contribution is 0.214. The van der Waals surface area contributed by atoms with Crippen LogP contribution in [-0.2, 0) is 13.0 Å². The molecular weight excluding hydrogens is 318 g/mol. The van der Waals surface area contributed by atoms with Crippen molar-refractivity contribution in [2.75, 3.05) is 7.11 Å². The molecule has 0 radical (unpaired) electrons. The first-order valence-electron chi connectivity index (χ1n) is 8.49. The Hall–Kier alpha value is -2.50. The number of amides is 2. The fraction of sp³-hybridized carbons (Fsp3) is 0.474. The molecule has 1 atom stereocenters. The summed E-state index contributed by atoms with van der Waals surface area (Å²) in [4.78, 5) is 16.4. The van der Waals surface area contributed by atoms with E-state index in [4.69, 9.17) is 9.15 Å². The fourth-order valence-corrected chi connectivity index (χ4v) is 3.38. The molecule has 2 N–H and O–H groups in total. The van der Waals surface area contributed by atoms with Gasteiger partial charge < -0.3 is 19.8 Å². The van der Waals surface area contributed by atoms with Crippen molar-refractivity contribution >= 4 is 6.03 Å². The third kappa shape index (κ3) is 4.13. The minimum Gasteiger partial charge on any atom is -0.481 e. The van der Waals surface area contributed by atoms with Crippen molar-refractivity contribution in [2.45, 2.75) is 46.2 Å². The van der Waals surface area contributed by atoms with Crippen LogP contribution in [0.2, 0.25) is 0 Å². The third-order valence-electron chi connectivity index (χ3n) is 4.50. The number of aromatic nitrogens is 1. The highest BCUT2D eigenvalue weighted by Crippen LogP contribution is 2.41. The van der Waals surface area contributed by atoms with Gasteiger partial charge in [0.2, 0.25) is 5.88 Å². The molecule has 0 saturated heterocycles. The lowest BCUT2D eigenvalue weighted by Gasteiger charge is -2.34. The van der Waals surface area contributed by atoms with Gasteiger partial charge in [-0.05, 0) is 36.5 Å². The smallest absolute Gasteiger partial charge is 0.315 e. The number of hydrogen-bond acceptors (Lipinski definition) is 4. The number of ether oxygens (including phenoxy) is 1. The second-order valence-corrected chi connectivity index (χ2v) is 7.37. The summed E-state index contributed by atoms with van der Waals surface area (Å²) in [5, 5.41) is 5.98. The normalized spacial score (nSPS) is 18.3. The molecule has 2 heterocycles. The number of carbonyl (C=O) groups is 1. The average Bonchev–Trinajstić information content (AvgIpc) is 2.92. The fourth-order valence-electron chi connectivity index (χ4n) is 3.38. The highest BCUT2D eigenvalue weighted by Gasteiger charge is 2.35. The molecule has 0 aromatic carbocycles. The first-order chi connectivity index (χ1) is 11.9. The molecule has 0 saturated carbocycles. The van der Waals surface area contributed by atoms with Crippen LogP contribution < -0.4 is 15.4 Å². The summed E-state index contributed by atoms with van der Waals surface area (Å²) < 4.78 is 10.9. The van der Waals surface area contributed by atoms with E-state index in [9.17, 15) is 4.79 Å². The van der Waals surface area contributed by atoms with Crippen LogP contribution in [0.4, 0.5) is 4.79 Å². The van der Waals surface area contributed by atoms with Crippen molar-refractivity contribution in [1.29, 1.82) is 0 Å². The van der Waals surface area contributed by atoms with Gasteiger partial charge in [0.1, 0.15) is 11.5 Å². The topological polar surface area (TPSA) is 76.4 Å². The van der Waals surface area contributed by atoms with Gasteiger partial charge in [0.15, 0.2) is 0 Å². The molecule has 6 nitrogen and oxygen atoms in total. The maximum atomic E-state index is 12.4. The summed E-state index contributed by atoms with van der Waals surface area (Å²) in [6.07, 6.45) is 3.44. The minimum atomic E-state index is -0.191. The highest BCUT2D eigenvalue weighted by atomic mass is 16.5. The highest BCUT2D eigenvalue weighted by molar-refractivity contribution is 5.74. The van der Waals surface area contributed by atoms with E-state index < -0.39 is 0 Å². The number of fused-ring (bicyclic) bond motifs is 1. The van der Waals surface area contributed by atoms with Crippen molar-refractivity contribution in [3.8, 4) is 5.88 Å². The van der Waals surface area contributed by atoms with Gasteiger partial charge in [-0.2, -0.15) is 0 Å². The van der Waals surface area contributed by atoms with Crippen molar-refractivity contribution < 1.29 is 13.9 Å². The number of pyridine rings is 1. The Morgan fingerprint density at radius 1 is 1.44 bits per heavy atom. The molecule has 2 aromatic heterocycles. The van der Waals surface area contributed by atoms with Crippen molar-refractivity contribution in [2.24, 2.45) is 5.41 Å². The minimum absolute atomic E-state index is 0.0387. The molecule has 134 valence electrons. The molecule has 1 unspecified atom stereocenters. The van der Waals surface area contributed by atoms with Crippen LogP contribution >= 0.6 is 0 Å². The Balaban J connectivity index is 1.64. The maximum absolute atomic E-state index is 12.4. The second kappa shape index (κ2) is 6.78. The van der Waals surface area contributed by atoms with Crippen LogP contribution in [-0.4, -0.2) is 18.1 Å². The summed E-state index contributed by atoms with van der Waals surface area (Å²) in [6.45, 7) is 6.75. The third-order valence-corrected chi connectivity index (χ3v) is 4.50. The molecule has 2 amide bonds. The van der Waals surface area contributed by atoms with Gasteiger partial charge in [0, 0.05) is 30.8 Å². The zero-order valence-corrected chi connectivity index (χ0v) is 15.2. The molecule has 0 aliphatic heterocycles. The van der Waals surface area contributed by atoms with Gasteiger partial charge >= 0.3 is 6.03 Å². The van der Waals surface area contributed by atoms with Gasteiger partial charge in [0.05, 0.1) is 13.2 Å². The maximum Gasteiger partial charge on any atom is 0.315 e. The molecule has 0 bridgehead atoms. The van der Waals surface area contributed by atoms with E-state index in [-0.39, 0.29) is 17.5 Å². The van der Waals surface area contributed by atoms with E-state index in [0.717, 1.165) is 35.5 Å². The Bertz CT molecular complexity index is 767. The Morgan fingerprint density at radius 2 is 2.24 bits per heavy atom. The number of carbonyl (C=O) groups excluding carboxylic acids is 1. The van der Waals surface area contributed by atoms with E-state index in [1.807, 2.05) is 25.1 Å². The number of aryl methyl sites for hydroxylation is 1. The van der Waals surface area contributed by atoms with Gasteiger partial charge in [-0.3, -0.25) is 0 Å². The van der Waals surface area contributed by atoms with E-state index in [1.54, 1.807) is 13.3 Å². The van der Waals surface area contributed by atoms with E-state index in [2.05, 4.69) is 29.5 Å². The number of furan rings is 1. The van der Waals surface area contributed by atoms with Gasteiger partial charge in [-0.15, -0.1) is 0 Å². The predicted molar refractivity (Wildman–Crippen MR) is 94.4 cm³/mol. The monoisotopic (exact) mass is 343 g/mol. The van der Waals surface area contributed by atoms with E-state index in [1.165, 1.54) is 0 Å². The second-order valence-electron chi connectivity index (χ2n) is 7.37. The SMILES string of the molecule is COc1cc(CNC(=O)NC2CC(C)(C)Cc3oc(C)cc32)ccn1. The molecule has 0 fully saturated rings.